The Labute approximate surface area is 333 Å². The van der Waals surface area contributed by atoms with Crippen LogP contribution in [0, 0.1) is 0 Å². The van der Waals surface area contributed by atoms with Gasteiger partial charge >= 0.3 is 5.97 Å². The Hall–Kier alpha value is -5.89. The number of ether oxygens (including phenoxy) is 2. The molecule has 0 saturated heterocycles. The minimum Gasteiger partial charge on any atom is -0.508 e. The lowest BCUT2D eigenvalue weighted by atomic mass is 10.0. The van der Waals surface area contributed by atoms with Crippen LogP contribution in [0.25, 0.3) is 6.08 Å². The van der Waals surface area contributed by atoms with Gasteiger partial charge in [0.25, 0.3) is 11.8 Å². The number of phenols is 1. The zero-order chi connectivity index (χ0) is 39.6. The number of anilines is 2. The zero-order valence-electron chi connectivity index (χ0n) is 31.2. The summed E-state index contributed by atoms with van der Waals surface area (Å²) in [4.78, 5) is 57.9. The van der Waals surface area contributed by atoms with Crippen LogP contribution in [0.4, 0.5) is 10.7 Å². The molecule has 0 fully saturated rings. The molecule has 1 aromatic heterocycles. The highest BCUT2D eigenvalue weighted by atomic mass is 32.2. The second kappa shape index (κ2) is 18.6. The lowest BCUT2D eigenvalue weighted by molar-refractivity contribution is -0.116. The van der Waals surface area contributed by atoms with Crippen LogP contribution >= 0.6 is 23.1 Å². The minimum absolute atomic E-state index is 0.0176. The average molecular weight is 791 g/mol. The van der Waals surface area contributed by atoms with Gasteiger partial charge in [-0.15, -0.1) is 23.1 Å². The predicted octanol–water partition coefficient (Wildman–Crippen LogP) is 7.73. The van der Waals surface area contributed by atoms with Crippen LogP contribution in [-0.4, -0.2) is 59.7 Å². The van der Waals surface area contributed by atoms with Gasteiger partial charge in [0.1, 0.15) is 22.2 Å². The normalized spacial score (nSPS) is 13.2. The van der Waals surface area contributed by atoms with Crippen molar-refractivity contribution in [2.45, 2.75) is 43.0 Å². The molecular weight excluding hydrogens is 749 g/mol. The maximum absolute atomic E-state index is 13.8. The van der Waals surface area contributed by atoms with Crippen molar-refractivity contribution >= 4 is 63.6 Å². The number of carbonyl (C=O) groups excluding carboxylic acids is 4. The average Bonchev–Trinajstić information content (AvgIpc) is 3.57. The van der Waals surface area contributed by atoms with Crippen LogP contribution in [-0.2, 0) is 33.8 Å². The first-order valence-electron chi connectivity index (χ1n) is 18.0. The number of amides is 3. The van der Waals surface area contributed by atoms with Crippen molar-refractivity contribution in [1.82, 2.24) is 10.2 Å². The summed E-state index contributed by atoms with van der Waals surface area (Å²) < 4.78 is 10.6. The largest absolute Gasteiger partial charge is 0.508 e. The van der Waals surface area contributed by atoms with Gasteiger partial charge in [-0.1, -0.05) is 61.5 Å². The van der Waals surface area contributed by atoms with E-state index in [4.69, 9.17) is 9.47 Å². The molecule has 0 radical (unpaired) electrons. The molecule has 13 heteroatoms. The number of thioether (sulfide) groups is 1. The Balaban J connectivity index is 1.17. The molecule has 1 aliphatic heterocycles. The number of rotatable bonds is 14. The SMILES string of the molecule is CCC(Sc1cccc(NC(=O)/C(=C\c2ccc(O)cc2OC)NC(=O)c2ccccc2)c1)C(=O)Nc1sc2c(c1C(=O)OC)CCN(Cc1ccccc1)C2. The predicted molar refractivity (Wildman–Crippen MR) is 220 cm³/mol. The Kier molecular flexibility index (Phi) is 13.2. The number of fused-ring (bicyclic) bond motifs is 1. The van der Waals surface area contributed by atoms with Gasteiger partial charge in [0, 0.05) is 52.3 Å². The highest BCUT2D eigenvalue weighted by Gasteiger charge is 2.31. The van der Waals surface area contributed by atoms with Crippen molar-refractivity contribution in [3.63, 3.8) is 0 Å². The van der Waals surface area contributed by atoms with E-state index in [0.717, 1.165) is 28.4 Å². The monoisotopic (exact) mass is 790 g/mol. The quantitative estimate of drug-likeness (QED) is 0.0505. The smallest absolute Gasteiger partial charge is 0.341 e. The Morgan fingerprint density at radius 1 is 0.929 bits per heavy atom. The van der Waals surface area contributed by atoms with Crippen molar-refractivity contribution in [2.75, 3.05) is 31.4 Å². The number of hydrogen-bond donors (Lipinski definition) is 4. The van der Waals surface area contributed by atoms with E-state index in [9.17, 15) is 24.3 Å². The fourth-order valence-electron chi connectivity index (χ4n) is 6.28. The van der Waals surface area contributed by atoms with E-state index in [1.165, 1.54) is 61.1 Å². The van der Waals surface area contributed by atoms with Gasteiger partial charge < -0.3 is 30.5 Å². The van der Waals surface area contributed by atoms with Gasteiger partial charge in [0.05, 0.1) is 25.0 Å². The van der Waals surface area contributed by atoms with Crippen molar-refractivity contribution < 1.29 is 33.8 Å². The molecule has 288 valence electrons. The third kappa shape index (κ3) is 9.85. The second-order valence-corrected chi connectivity index (χ2v) is 15.3. The highest BCUT2D eigenvalue weighted by molar-refractivity contribution is 8.00. The number of nitrogens with zero attached hydrogens (tertiary/aromatic N) is 1. The molecule has 6 rings (SSSR count). The summed E-state index contributed by atoms with van der Waals surface area (Å²) in [6.07, 6.45) is 2.62. The van der Waals surface area contributed by atoms with E-state index >= 15 is 0 Å². The van der Waals surface area contributed by atoms with Gasteiger partial charge in [0.15, 0.2) is 0 Å². The summed E-state index contributed by atoms with van der Waals surface area (Å²) >= 11 is 2.75. The zero-order valence-corrected chi connectivity index (χ0v) is 32.8. The first kappa shape index (κ1) is 39.8. The Morgan fingerprint density at radius 3 is 2.39 bits per heavy atom. The van der Waals surface area contributed by atoms with E-state index in [0.29, 0.717) is 52.5 Å². The molecule has 1 aliphatic rings. The van der Waals surface area contributed by atoms with Crippen LogP contribution in [0.1, 0.15) is 55.6 Å². The summed E-state index contributed by atoms with van der Waals surface area (Å²) in [6, 6.07) is 30.2. The highest BCUT2D eigenvalue weighted by Crippen LogP contribution is 2.39. The van der Waals surface area contributed by atoms with Crippen LogP contribution in [0.2, 0.25) is 0 Å². The number of aromatic hydroxyl groups is 1. The van der Waals surface area contributed by atoms with E-state index in [1.54, 1.807) is 54.6 Å². The number of benzene rings is 4. The maximum atomic E-state index is 13.8. The number of hydrogen-bond acceptors (Lipinski definition) is 10. The van der Waals surface area contributed by atoms with Gasteiger partial charge in [-0.3, -0.25) is 19.3 Å². The Morgan fingerprint density at radius 2 is 1.68 bits per heavy atom. The summed E-state index contributed by atoms with van der Waals surface area (Å²) in [7, 11) is 2.78. The van der Waals surface area contributed by atoms with E-state index in [2.05, 4.69) is 33.0 Å². The molecule has 4 aromatic carbocycles. The molecule has 0 bridgehead atoms. The molecule has 2 heterocycles. The lowest BCUT2D eigenvalue weighted by Crippen LogP contribution is -2.30. The number of thiophene rings is 1. The van der Waals surface area contributed by atoms with Crippen LogP contribution in [0.3, 0.4) is 0 Å². The summed E-state index contributed by atoms with van der Waals surface area (Å²) in [6.45, 7) is 4.14. The molecule has 0 spiro atoms. The molecule has 56 heavy (non-hydrogen) atoms. The lowest BCUT2D eigenvalue weighted by Gasteiger charge is -2.27. The van der Waals surface area contributed by atoms with Crippen molar-refractivity contribution in [1.29, 1.82) is 0 Å². The molecule has 1 atom stereocenters. The van der Waals surface area contributed by atoms with Gasteiger partial charge in [-0.25, -0.2) is 4.79 Å². The summed E-state index contributed by atoms with van der Waals surface area (Å²) in [5.74, 6) is -1.54. The van der Waals surface area contributed by atoms with Crippen LogP contribution < -0.4 is 20.7 Å². The first-order valence-corrected chi connectivity index (χ1v) is 19.7. The number of esters is 1. The van der Waals surface area contributed by atoms with E-state index in [1.807, 2.05) is 31.2 Å². The van der Waals surface area contributed by atoms with Crippen LogP contribution in [0.5, 0.6) is 11.5 Å². The maximum Gasteiger partial charge on any atom is 0.341 e. The third-order valence-electron chi connectivity index (χ3n) is 9.09. The molecule has 0 aliphatic carbocycles. The number of methoxy groups -OCH3 is 2. The molecule has 5 aromatic rings. The summed E-state index contributed by atoms with van der Waals surface area (Å²) in [5, 5.41) is 18.5. The molecule has 1 unspecified atom stereocenters. The number of phenolic OH excluding ortho intramolecular Hbond substituents is 1. The molecular formula is C43H42N4O7S2. The Bertz CT molecular complexity index is 2240. The standard InChI is InChI=1S/C43H42N4O7S2/c1-4-36(41(51)46-42-38(43(52)54-3)33-20-21-47(26-37(33)56-42)25-27-12-7-5-8-13-27)55-32-17-11-16-30(23-32)44-40(50)34(45-39(49)28-14-9-6-10-15-28)22-29-18-19-31(48)24-35(29)53-2/h5-19,22-24,36,48H,4,20-21,25-26H2,1-3H3,(H,44,50)(H,45,49)(H,46,51)/b34-22+. The number of nitrogens with one attached hydrogen (secondary N) is 3. The fourth-order valence-corrected chi connectivity index (χ4v) is 8.57. The minimum atomic E-state index is -0.601. The molecule has 11 nitrogen and oxygen atoms in total. The van der Waals surface area contributed by atoms with Crippen LogP contribution in [0.15, 0.2) is 114 Å². The molecule has 4 N–H and O–H groups in total. The van der Waals surface area contributed by atoms with E-state index in [-0.39, 0.29) is 17.4 Å². The van der Waals surface area contributed by atoms with Crippen molar-refractivity contribution in [3.8, 4) is 11.5 Å². The second-order valence-electron chi connectivity index (χ2n) is 12.9. The third-order valence-corrected chi connectivity index (χ3v) is 11.6. The van der Waals surface area contributed by atoms with Gasteiger partial charge in [-0.2, -0.15) is 0 Å². The number of carbonyl (C=O) groups is 4. The summed E-state index contributed by atoms with van der Waals surface area (Å²) in [5.41, 5.74) is 3.73. The first-order chi connectivity index (χ1) is 27.1. The van der Waals surface area contributed by atoms with E-state index < -0.39 is 23.0 Å². The topological polar surface area (TPSA) is 146 Å². The molecule has 3 amide bonds. The van der Waals surface area contributed by atoms with Gasteiger partial charge in [0.2, 0.25) is 5.91 Å². The molecule has 0 saturated carbocycles. The van der Waals surface area contributed by atoms with Gasteiger partial charge in [-0.05, 0) is 72.5 Å². The van der Waals surface area contributed by atoms with Crippen molar-refractivity contribution in [2.24, 2.45) is 0 Å². The fraction of sp³-hybridized carbons (Fsp3) is 0.209. The van der Waals surface area contributed by atoms with Crippen molar-refractivity contribution in [3.05, 3.63) is 142 Å².